The van der Waals surface area contributed by atoms with Crippen molar-refractivity contribution in [2.45, 2.75) is 48.5 Å². The molecule has 1 aromatic rings. The van der Waals surface area contributed by atoms with E-state index in [4.69, 9.17) is 0 Å². The molecule has 1 heterocycles. The van der Waals surface area contributed by atoms with Gasteiger partial charge in [0.2, 0.25) is 0 Å². The third kappa shape index (κ3) is 3.55. The molecule has 0 bridgehead atoms. The quantitative estimate of drug-likeness (QED) is 0.731. The number of hydrogen-bond acceptors (Lipinski definition) is 5. The fraction of sp³-hybridized carbons (Fsp3) is 0.750. The van der Waals surface area contributed by atoms with Crippen LogP contribution >= 0.6 is 11.8 Å². The Kier molecular flexibility index (Phi) is 5.48. The van der Waals surface area contributed by atoms with Crippen LogP contribution in [0.2, 0.25) is 0 Å². The minimum atomic E-state index is -3.53. The summed E-state index contributed by atoms with van der Waals surface area (Å²) in [6, 6.07) is 0.00878. The molecule has 20 heavy (non-hydrogen) atoms. The smallest absolute Gasteiger partial charge is 0.258 e. The maximum atomic E-state index is 12.5. The molecule has 0 radical (unpaired) electrons. The van der Waals surface area contributed by atoms with Gasteiger partial charge in [0.15, 0.2) is 5.03 Å². The number of aromatic amines is 1. The molecule has 1 aromatic heterocycles. The van der Waals surface area contributed by atoms with Gasteiger partial charge in [0.25, 0.3) is 10.0 Å². The molecule has 0 saturated heterocycles. The maximum absolute atomic E-state index is 12.5. The molecule has 3 N–H and O–H groups in total. The van der Waals surface area contributed by atoms with Crippen LogP contribution < -0.4 is 10.0 Å². The Labute approximate surface area is 124 Å². The zero-order chi connectivity index (χ0) is 14.6. The molecule has 2 unspecified atom stereocenters. The van der Waals surface area contributed by atoms with Crippen LogP contribution in [-0.4, -0.2) is 43.2 Å². The summed E-state index contributed by atoms with van der Waals surface area (Å²) in [4.78, 5) is 0. The largest absolute Gasteiger partial charge is 0.316 e. The average molecular weight is 318 g/mol. The molecule has 8 heteroatoms. The molecular formula is C12H22N4O2S2. The van der Waals surface area contributed by atoms with Crippen LogP contribution in [0.3, 0.4) is 0 Å². The van der Waals surface area contributed by atoms with Gasteiger partial charge in [-0.2, -0.15) is 16.9 Å². The van der Waals surface area contributed by atoms with Gasteiger partial charge in [-0.05, 0) is 26.1 Å². The van der Waals surface area contributed by atoms with E-state index in [0.717, 1.165) is 19.3 Å². The monoisotopic (exact) mass is 318 g/mol. The van der Waals surface area contributed by atoms with Crippen molar-refractivity contribution in [1.82, 2.24) is 20.2 Å². The first-order chi connectivity index (χ1) is 9.58. The van der Waals surface area contributed by atoms with Gasteiger partial charge in [0.05, 0.1) is 6.20 Å². The molecule has 1 fully saturated rings. The van der Waals surface area contributed by atoms with E-state index in [9.17, 15) is 8.42 Å². The summed E-state index contributed by atoms with van der Waals surface area (Å²) in [6.07, 6.45) is 7.83. The van der Waals surface area contributed by atoms with Crippen molar-refractivity contribution in [3.8, 4) is 0 Å². The molecule has 2 rings (SSSR count). The van der Waals surface area contributed by atoms with E-state index in [1.807, 2.05) is 6.26 Å². The number of nitrogens with zero attached hydrogens (tertiary/aromatic N) is 1. The molecule has 6 nitrogen and oxygen atoms in total. The summed E-state index contributed by atoms with van der Waals surface area (Å²) in [6.45, 7) is 0.476. The van der Waals surface area contributed by atoms with E-state index < -0.39 is 10.0 Å². The lowest BCUT2D eigenvalue weighted by Gasteiger charge is -2.30. The molecular weight excluding hydrogens is 296 g/mol. The molecule has 1 aliphatic carbocycles. The fourth-order valence-corrected chi connectivity index (χ4v) is 5.08. The topological polar surface area (TPSA) is 86.9 Å². The molecule has 0 aliphatic heterocycles. The Balaban J connectivity index is 2.15. The van der Waals surface area contributed by atoms with Gasteiger partial charge in [-0.15, -0.1) is 0 Å². The third-order valence-corrected chi connectivity index (χ3v) is 6.30. The SMILES string of the molecule is CNCc1cn[nH]c1S(=O)(=O)NC1CCCCC1SC. The van der Waals surface area contributed by atoms with Crippen LogP contribution in [0.25, 0.3) is 0 Å². The molecule has 1 aliphatic rings. The predicted molar refractivity (Wildman–Crippen MR) is 81.2 cm³/mol. The molecule has 114 valence electrons. The molecule has 2 atom stereocenters. The minimum Gasteiger partial charge on any atom is -0.316 e. The van der Waals surface area contributed by atoms with E-state index >= 15 is 0 Å². The Hall–Kier alpha value is -0.570. The van der Waals surface area contributed by atoms with Crippen molar-refractivity contribution < 1.29 is 8.42 Å². The maximum Gasteiger partial charge on any atom is 0.258 e. The van der Waals surface area contributed by atoms with Crippen LogP contribution in [0.4, 0.5) is 0 Å². The Morgan fingerprint density at radius 3 is 2.90 bits per heavy atom. The van der Waals surface area contributed by atoms with Crippen LogP contribution in [0.5, 0.6) is 0 Å². The van der Waals surface area contributed by atoms with Crippen LogP contribution in [0, 0.1) is 0 Å². The highest BCUT2D eigenvalue weighted by Crippen LogP contribution is 2.28. The van der Waals surface area contributed by atoms with E-state index in [0.29, 0.717) is 17.4 Å². The summed E-state index contributed by atoms with van der Waals surface area (Å²) in [7, 11) is -1.75. The van der Waals surface area contributed by atoms with Gasteiger partial charge in [-0.25, -0.2) is 13.1 Å². The van der Waals surface area contributed by atoms with Gasteiger partial charge in [0.1, 0.15) is 0 Å². The first kappa shape index (κ1) is 15.8. The van der Waals surface area contributed by atoms with Crippen molar-refractivity contribution >= 4 is 21.8 Å². The zero-order valence-corrected chi connectivity index (χ0v) is 13.5. The number of sulfonamides is 1. The second-order valence-electron chi connectivity index (χ2n) is 5.04. The normalized spacial score (nSPS) is 23.9. The number of rotatable bonds is 6. The summed E-state index contributed by atoms with van der Waals surface area (Å²) in [5, 5.41) is 9.94. The first-order valence-corrected chi connectivity index (χ1v) is 9.57. The molecule has 0 spiro atoms. The summed E-state index contributed by atoms with van der Waals surface area (Å²) >= 11 is 1.74. The first-order valence-electron chi connectivity index (χ1n) is 6.80. The van der Waals surface area contributed by atoms with Crippen molar-refractivity contribution in [1.29, 1.82) is 0 Å². The lowest BCUT2D eigenvalue weighted by atomic mass is 9.96. The lowest BCUT2D eigenvalue weighted by molar-refractivity contribution is 0.422. The number of hydrogen-bond donors (Lipinski definition) is 3. The second kappa shape index (κ2) is 6.93. The van der Waals surface area contributed by atoms with Crippen LogP contribution in [0.1, 0.15) is 31.2 Å². The zero-order valence-electron chi connectivity index (χ0n) is 11.8. The van der Waals surface area contributed by atoms with Gasteiger partial charge in [0, 0.05) is 23.4 Å². The summed E-state index contributed by atoms with van der Waals surface area (Å²) < 4.78 is 27.8. The van der Waals surface area contributed by atoms with E-state index in [2.05, 4.69) is 20.2 Å². The highest BCUT2D eigenvalue weighted by molar-refractivity contribution is 7.99. The average Bonchev–Trinajstić information content (AvgIpc) is 2.88. The van der Waals surface area contributed by atoms with Crippen molar-refractivity contribution in [3.05, 3.63) is 11.8 Å². The van der Waals surface area contributed by atoms with Crippen molar-refractivity contribution in [2.75, 3.05) is 13.3 Å². The van der Waals surface area contributed by atoms with E-state index in [1.54, 1.807) is 25.0 Å². The van der Waals surface area contributed by atoms with Crippen molar-refractivity contribution in [2.24, 2.45) is 0 Å². The number of H-pyrrole nitrogens is 1. The fourth-order valence-electron chi connectivity index (χ4n) is 2.62. The minimum absolute atomic E-state index is 0.00878. The highest BCUT2D eigenvalue weighted by atomic mass is 32.2. The standard InChI is InChI=1S/C12H22N4O2S2/c1-13-7-9-8-14-15-12(9)20(17,18)16-10-5-3-4-6-11(10)19-2/h8,10-11,13,16H,3-7H2,1-2H3,(H,14,15). The summed E-state index contributed by atoms with van der Waals surface area (Å²) in [5.74, 6) is 0. The molecule has 1 saturated carbocycles. The summed E-state index contributed by atoms with van der Waals surface area (Å²) in [5.41, 5.74) is 0.663. The molecule has 0 aromatic carbocycles. The number of nitrogens with one attached hydrogen (secondary N) is 3. The van der Waals surface area contributed by atoms with E-state index in [-0.39, 0.29) is 11.1 Å². The Morgan fingerprint density at radius 1 is 1.45 bits per heavy atom. The predicted octanol–water partition coefficient (Wildman–Crippen LogP) is 1.08. The Bertz CT molecular complexity index is 529. The van der Waals surface area contributed by atoms with Gasteiger partial charge >= 0.3 is 0 Å². The van der Waals surface area contributed by atoms with Crippen molar-refractivity contribution in [3.63, 3.8) is 0 Å². The Morgan fingerprint density at radius 2 is 2.20 bits per heavy atom. The molecule has 0 amide bonds. The number of aromatic nitrogens is 2. The lowest BCUT2D eigenvalue weighted by Crippen LogP contribution is -2.44. The second-order valence-corrected chi connectivity index (χ2v) is 7.77. The van der Waals surface area contributed by atoms with Crippen LogP contribution in [0.15, 0.2) is 11.2 Å². The van der Waals surface area contributed by atoms with Crippen LogP contribution in [-0.2, 0) is 16.6 Å². The van der Waals surface area contributed by atoms with Gasteiger partial charge in [-0.3, -0.25) is 5.10 Å². The van der Waals surface area contributed by atoms with Gasteiger partial charge < -0.3 is 5.32 Å². The third-order valence-electron chi connectivity index (χ3n) is 3.63. The highest BCUT2D eigenvalue weighted by Gasteiger charge is 2.30. The van der Waals surface area contributed by atoms with Gasteiger partial charge in [-0.1, -0.05) is 12.8 Å². The number of thioether (sulfide) groups is 1. The van der Waals surface area contributed by atoms with E-state index in [1.165, 1.54) is 6.42 Å².